The lowest BCUT2D eigenvalue weighted by Gasteiger charge is -2.13. The number of nitrogens with zero attached hydrogens (tertiary/aromatic N) is 2. The number of aromatic nitrogens is 2. The SMILES string of the molecule is Cc1cc(NC(C)c2cncs2)cnc1Br. The number of hydrogen-bond acceptors (Lipinski definition) is 4. The van der Waals surface area contributed by atoms with E-state index in [0.29, 0.717) is 0 Å². The van der Waals surface area contributed by atoms with Gasteiger partial charge in [0.15, 0.2) is 0 Å². The summed E-state index contributed by atoms with van der Waals surface area (Å²) in [5.41, 5.74) is 4.00. The van der Waals surface area contributed by atoms with Crippen LogP contribution in [0.25, 0.3) is 0 Å². The molecule has 0 saturated carbocycles. The average Bonchev–Trinajstić information content (AvgIpc) is 2.77. The number of aryl methyl sites for hydroxylation is 1. The van der Waals surface area contributed by atoms with Gasteiger partial charge in [-0.1, -0.05) is 0 Å². The van der Waals surface area contributed by atoms with Crippen molar-refractivity contribution in [1.29, 1.82) is 0 Å². The second-order valence-corrected chi connectivity index (χ2v) is 5.27. The molecule has 5 heteroatoms. The quantitative estimate of drug-likeness (QED) is 0.876. The van der Waals surface area contributed by atoms with Crippen molar-refractivity contribution in [2.45, 2.75) is 19.9 Å². The molecule has 2 aromatic rings. The summed E-state index contributed by atoms with van der Waals surface area (Å²) < 4.78 is 0.892. The molecule has 2 heterocycles. The first-order valence-electron chi connectivity index (χ1n) is 4.94. The van der Waals surface area contributed by atoms with Crippen molar-refractivity contribution in [3.63, 3.8) is 0 Å². The van der Waals surface area contributed by atoms with Gasteiger partial charge in [-0.2, -0.15) is 0 Å². The molecule has 0 spiro atoms. The molecule has 0 aromatic carbocycles. The Balaban J connectivity index is 2.12. The van der Waals surface area contributed by atoms with Crippen molar-refractivity contribution in [2.24, 2.45) is 0 Å². The third-order valence-electron chi connectivity index (χ3n) is 2.28. The van der Waals surface area contributed by atoms with E-state index in [1.165, 1.54) is 4.88 Å². The Kier molecular flexibility index (Phi) is 3.56. The van der Waals surface area contributed by atoms with Crippen molar-refractivity contribution in [3.05, 3.63) is 39.0 Å². The van der Waals surface area contributed by atoms with Crippen LogP contribution in [0.5, 0.6) is 0 Å². The molecule has 1 N–H and O–H groups in total. The fraction of sp³-hybridized carbons (Fsp3) is 0.273. The fourth-order valence-electron chi connectivity index (χ4n) is 1.40. The van der Waals surface area contributed by atoms with Gasteiger partial charge in [-0.3, -0.25) is 4.98 Å². The monoisotopic (exact) mass is 297 g/mol. The van der Waals surface area contributed by atoms with Gasteiger partial charge in [0.05, 0.1) is 23.4 Å². The van der Waals surface area contributed by atoms with Gasteiger partial charge in [0.1, 0.15) is 4.60 Å². The van der Waals surface area contributed by atoms with Gasteiger partial charge in [0.25, 0.3) is 0 Å². The highest BCUT2D eigenvalue weighted by Gasteiger charge is 2.07. The van der Waals surface area contributed by atoms with Gasteiger partial charge in [0.2, 0.25) is 0 Å². The summed E-state index contributed by atoms with van der Waals surface area (Å²) in [5, 5.41) is 3.40. The predicted molar refractivity (Wildman–Crippen MR) is 70.8 cm³/mol. The molecule has 3 nitrogen and oxygen atoms in total. The summed E-state index contributed by atoms with van der Waals surface area (Å²) in [6.45, 7) is 4.14. The van der Waals surface area contributed by atoms with Crippen LogP contribution in [-0.4, -0.2) is 9.97 Å². The van der Waals surface area contributed by atoms with E-state index in [2.05, 4.69) is 44.2 Å². The highest BCUT2D eigenvalue weighted by atomic mass is 79.9. The Morgan fingerprint density at radius 1 is 1.44 bits per heavy atom. The van der Waals surface area contributed by atoms with Crippen LogP contribution in [0.1, 0.15) is 23.4 Å². The number of nitrogens with one attached hydrogen (secondary N) is 1. The lowest BCUT2D eigenvalue weighted by atomic mass is 10.2. The van der Waals surface area contributed by atoms with E-state index in [0.717, 1.165) is 15.9 Å². The normalized spacial score (nSPS) is 12.4. The van der Waals surface area contributed by atoms with Crippen molar-refractivity contribution in [1.82, 2.24) is 9.97 Å². The molecule has 0 aliphatic carbocycles. The van der Waals surface area contributed by atoms with Crippen LogP contribution in [0.2, 0.25) is 0 Å². The van der Waals surface area contributed by atoms with E-state index >= 15 is 0 Å². The van der Waals surface area contributed by atoms with E-state index in [1.54, 1.807) is 11.3 Å². The maximum Gasteiger partial charge on any atom is 0.109 e. The molecule has 0 saturated heterocycles. The van der Waals surface area contributed by atoms with Gasteiger partial charge >= 0.3 is 0 Å². The molecule has 1 unspecified atom stereocenters. The highest BCUT2D eigenvalue weighted by Crippen LogP contribution is 2.23. The molecule has 0 aliphatic heterocycles. The Labute approximate surface area is 107 Å². The molecule has 0 amide bonds. The standard InChI is InChI=1S/C11H12BrN3S/c1-7-3-9(4-14-11(7)12)15-8(2)10-5-13-6-16-10/h3-6,8,15H,1-2H3. The minimum atomic E-state index is 0.259. The topological polar surface area (TPSA) is 37.8 Å². The highest BCUT2D eigenvalue weighted by molar-refractivity contribution is 9.10. The van der Waals surface area contributed by atoms with Crippen LogP contribution in [0.15, 0.2) is 28.6 Å². The summed E-state index contributed by atoms with van der Waals surface area (Å²) in [7, 11) is 0. The molecular weight excluding hydrogens is 286 g/mol. The second kappa shape index (κ2) is 4.93. The number of pyridine rings is 1. The number of halogens is 1. The Bertz CT molecular complexity index is 470. The van der Waals surface area contributed by atoms with Crippen LogP contribution in [0.3, 0.4) is 0 Å². The van der Waals surface area contributed by atoms with Crippen LogP contribution in [0, 0.1) is 6.92 Å². The van der Waals surface area contributed by atoms with Crippen LogP contribution >= 0.6 is 27.3 Å². The molecule has 0 radical (unpaired) electrons. The van der Waals surface area contributed by atoms with E-state index in [-0.39, 0.29) is 6.04 Å². The molecule has 2 aromatic heterocycles. The Morgan fingerprint density at radius 3 is 2.88 bits per heavy atom. The van der Waals surface area contributed by atoms with E-state index in [4.69, 9.17) is 0 Å². The number of thiazole rings is 1. The first-order valence-corrected chi connectivity index (χ1v) is 6.61. The summed E-state index contributed by atoms with van der Waals surface area (Å²) in [5.74, 6) is 0. The molecular formula is C11H12BrN3S. The van der Waals surface area contributed by atoms with Gasteiger partial charge in [-0.05, 0) is 41.4 Å². The van der Waals surface area contributed by atoms with E-state index < -0.39 is 0 Å². The van der Waals surface area contributed by atoms with Gasteiger partial charge in [0, 0.05) is 11.1 Å². The van der Waals surface area contributed by atoms with Gasteiger partial charge < -0.3 is 5.32 Å². The summed E-state index contributed by atoms with van der Waals surface area (Å²) in [6, 6.07) is 2.34. The molecule has 84 valence electrons. The third-order valence-corrected chi connectivity index (χ3v) is 4.06. The summed E-state index contributed by atoms with van der Waals surface area (Å²) >= 11 is 5.04. The first-order chi connectivity index (χ1) is 7.66. The van der Waals surface area contributed by atoms with Crippen molar-refractivity contribution in [2.75, 3.05) is 5.32 Å². The number of rotatable bonds is 3. The zero-order valence-corrected chi connectivity index (χ0v) is 11.5. The second-order valence-electron chi connectivity index (χ2n) is 3.60. The minimum absolute atomic E-state index is 0.259. The van der Waals surface area contributed by atoms with E-state index in [9.17, 15) is 0 Å². The molecule has 16 heavy (non-hydrogen) atoms. The Morgan fingerprint density at radius 2 is 2.25 bits per heavy atom. The lowest BCUT2D eigenvalue weighted by molar-refractivity contribution is 0.900. The fourth-order valence-corrected chi connectivity index (χ4v) is 2.24. The van der Waals surface area contributed by atoms with Gasteiger partial charge in [-0.25, -0.2) is 4.98 Å². The molecule has 0 aliphatic rings. The third kappa shape index (κ3) is 2.59. The minimum Gasteiger partial charge on any atom is -0.376 e. The Hall–Kier alpha value is -0.940. The number of hydrogen-bond donors (Lipinski definition) is 1. The summed E-state index contributed by atoms with van der Waals surface area (Å²) in [6.07, 6.45) is 3.72. The van der Waals surface area contributed by atoms with Crippen LogP contribution in [0.4, 0.5) is 5.69 Å². The largest absolute Gasteiger partial charge is 0.376 e. The zero-order chi connectivity index (χ0) is 11.5. The van der Waals surface area contributed by atoms with E-state index in [1.807, 2.05) is 24.8 Å². The van der Waals surface area contributed by atoms with Crippen LogP contribution < -0.4 is 5.32 Å². The average molecular weight is 298 g/mol. The lowest BCUT2D eigenvalue weighted by Crippen LogP contribution is -2.05. The maximum atomic E-state index is 4.25. The maximum absolute atomic E-state index is 4.25. The van der Waals surface area contributed by atoms with Crippen molar-refractivity contribution in [3.8, 4) is 0 Å². The summed E-state index contributed by atoms with van der Waals surface area (Å²) in [4.78, 5) is 9.55. The van der Waals surface area contributed by atoms with Crippen LogP contribution in [-0.2, 0) is 0 Å². The zero-order valence-electron chi connectivity index (χ0n) is 9.07. The molecule has 2 rings (SSSR count). The smallest absolute Gasteiger partial charge is 0.109 e. The van der Waals surface area contributed by atoms with Crippen molar-refractivity contribution < 1.29 is 0 Å². The molecule has 0 fully saturated rings. The first kappa shape index (κ1) is 11.5. The molecule has 1 atom stereocenters. The number of anilines is 1. The molecule has 0 bridgehead atoms. The predicted octanol–water partition coefficient (Wildman–Crippen LogP) is 3.78. The van der Waals surface area contributed by atoms with Crippen molar-refractivity contribution >= 4 is 33.0 Å². The van der Waals surface area contributed by atoms with Gasteiger partial charge in [-0.15, -0.1) is 11.3 Å².